The lowest BCUT2D eigenvalue weighted by molar-refractivity contribution is 0.462. The fourth-order valence-corrected chi connectivity index (χ4v) is 2.39. The van der Waals surface area contributed by atoms with Crippen molar-refractivity contribution in [1.82, 2.24) is 14.8 Å². The average Bonchev–Trinajstić information content (AvgIpc) is 2.93. The van der Waals surface area contributed by atoms with E-state index in [1.165, 1.54) is 17.8 Å². The van der Waals surface area contributed by atoms with Gasteiger partial charge in [0.1, 0.15) is 5.82 Å². The first kappa shape index (κ1) is 20.5. The average molecular weight is 444 g/mol. The Morgan fingerprint density at radius 2 is 1.96 bits per heavy atom. The minimum absolute atomic E-state index is 0. The van der Waals surface area contributed by atoms with Crippen molar-refractivity contribution in [3.63, 3.8) is 0 Å². The van der Waals surface area contributed by atoms with Gasteiger partial charge in [0, 0.05) is 39.1 Å². The molecule has 4 nitrogen and oxygen atoms in total. The molecule has 1 aromatic heterocycles. The second-order valence-corrected chi connectivity index (χ2v) is 5.58. The number of rotatable bonds is 6. The highest BCUT2D eigenvalue weighted by atomic mass is 127. The van der Waals surface area contributed by atoms with Gasteiger partial charge in [-0.25, -0.2) is 4.39 Å². The van der Waals surface area contributed by atoms with E-state index in [0.717, 1.165) is 31.0 Å². The Hall–Kier alpha value is -1.57. The number of nitrogens with one attached hydrogen (secondary N) is 1. The summed E-state index contributed by atoms with van der Waals surface area (Å²) in [5, 5.41) is 3.32. The number of aryl methyl sites for hydroxylation is 1. The molecule has 0 atom stereocenters. The molecule has 1 heterocycles. The Morgan fingerprint density at radius 3 is 2.54 bits per heavy atom. The molecule has 0 saturated heterocycles. The van der Waals surface area contributed by atoms with E-state index < -0.39 is 0 Å². The highest BCUT2D eigenvalue weighted by molar-refractivity contribution is 14.0. The molecule has 0 aliphatic heterocycles. The van der Waals surface area contributed by atoms with Crippen LogP contribution in [-0.2, 0) is 20.0 Å². The topological polar surface area (TPSA) is 32.6 Å². The Kier molecular flexibility index (Phi) is 8.81. The predicted molar refractivity (Wildman–Crippen MR) is 108 cm³/mol. The third-order valence-electron chi connectivity index (χ3n) is 3.72. The molecule has 0 saturated carbocycles. The van der Waals surface area contributed by atoms with Crippen molar-refractivity contribution < 1.29 is 4.39 Å². The fourth-order valence-electron chi connectivity index (χ4n) is 2.39. The summed E-state index contributed by atoms with van der Waals surface area (Å²) in [6, 6.07) is 10.8. The normalized spacial score (nSPS) is 11.1. The van der Waals surface area contributed by atoms with Gasteiger partial charge in [0.05, 0.1) is 6.54 Å². The minimum atomic E-state index is -0.201. The lowest BCUT2D eigenvalue weighted by Crippen LogP contribution is -2.39. The van der Waals surface area contributed by atoms with Crippen molar-refractivity contribution in [2.75, 3.05) is 20.1 Å². The zero-order valence-corrected chi connectivity index (χ0v) is 16.8. The number of benzene rings is 1. The van der Waals surface area contributed by atoms with Crippen LogP contribution in [0.4, 0.5) is 4.39 Å². The first-order valence-electron chi connectivity index (χ1n) is 7.94. The van der Waals surface area contributed by atoms with E-state index in [2.05, 4.69) is 32.8 Å². The zero-order chi connectivity index (χ0) is 16.7. The standard InChI is InChI=1S/C18H25FN4.HI/c1-4-20-18(23(3)14-17-6-5-13-22(17)2)21-12-11-15-7-9-16(19)10-8-15;/h5-10,13H,4,11-12,14H2,1-3H3,(H,20,21);1H. The summed E-state index contributed by atoms with van der Waals surface area (Å²) in [5.74, 6) is 0.684. The zero-order valence-electron chi connectivity index (χ0n) is 14.5. The van der Waals surface area contributed by atoms with Crippen molar-refractivity contribution in [2.24, 2.45) is 12.0 Å². The molecule has 2 rings (SSSR count). The van der Waals surface area contributed by atoms with Gasteiger partial charge in [0.25, 0.3) is 0 Å². The first-order chi connectivity index (χ1) is 11.1. The monoisotopic (exact) mass is 444 g/mol. The molecule has 132 valence electrons. The number of hydrogen-bond donors (Lipinski definition) is 1. The molecule has 0 unspecified atom stereocenters. The summed E-state index contributed by atoms with van der Waals surface area (Å²) < 4.78 is 15.0. The van der Waals surface area contributed by atoms with Crippen LogP contribution in [0.1, 0.15) is 18.2 Å². The summed E-state index contributed by atoms with van der Waals surface area (Å²) in [5.41, 5.74) is 2.33. The maximum atomic E-state index is 12.9. The number of nitrogens with zero attached hydrogens (tertiary/aromatic N) is 3. The number of halogens is 2. The van der Waals surface area contributed by atoms with Crippen LogP contribution in [0.2, 0.25) is 0 Å². The summed E-state index contributed by atoms with van der Waals surface area (Å²) in [6.07, 6.45) is 2.84. The molecular weight excluding hydrogens is 418 g/mol. The lowest BCUT2D eigenvalue weighted by Gasteiger charge is -2.22. The molecule has 0 bridgehead atoms. The van der Waals surface area contributed by atoms with Gasteiger partial charge < -0.3 is 14.8 Å². The van der Waals surface area contributed by atoms with Crippen LogP contribution in [0.5, 0.6) is 0 Å². The van der Waals surface area contributed by atoms with Crippen molar-refractivity contribution in [3.8, 4) is 0 Å². The lowest BCUT2D eigenvalue weighted by atomic mass is 10.1. The van der Waals surface area contributed by atoms with Gasteiger partial charge in [-0.2, -0.15) is 0 Å². The van der Waals surface area contributed by atoms with Crippen molar-refractivity contribution >= 4 is 29.9 Å². The number of guanidine groups is 1. The maximum Gasteiger partial charge on any atom is 0.194 e. The van der Waals surface area contributed by atoms with Gasteiger partial charge in [-0.3, -0.25) is 4.99 Å². The minimum Gasteiger partial charge on any atom is -0.357 e. The second kappa shape index (κ2) is 10.3. The van der Waals surface area contributed by atoms with Crippen LogP contribution in [0.3, 0.4) is 0 Å². The van der Waals surface area contributed by atoms with Crippen molar-refractivity contribution in [1.29, 1.82) is 0 Å². The van der Waals surface area contributed by atoms with Gasteiger partial charge in [0.2, 0.25) is 0 Å². The first-order valence-corrected chi connectivity index (χ1v) is 7.94. The van der Waals surface area contributed by atoms with E-state index in [1.54, 1.807) is 0 Å². The molecule has 1 aromatic carbocycles. The van der Waals surface area contributed by atoms with Gasteiger partial charge in [-0.1, -0.05) is 12.1 Å². The molecule has 0 aliphatic rings. The third-order valence-corrected chi connectivity index (χ3v) is 3.72. The van der Waals surface area contributed by atoms with Crippen LogP contribution < -0.4 is 5.32 Å². The Labute approximate surface area is 160 Å². The molecule has 0 spiro atoms. The molecule has 0 radical (unpaired) electrons. The van der Waals surface area contributed by atoms with Crippen molar-refractivity contribution in [2.45, 2.75) is 19.9 Å². The Balaban J connectivity index is 0.00000288. The summed E-state index contributed by atoms with van der Waals surface area (Å²) in [6.45, 7) is 4.36. The van der Waals surface area contributed by atoms with Gasteiger partial charge in [0.15, 0.2) is 5.96 Å². The Morgan fingerprint density at radius 1 is 1.25 bits per heavy atom. The number of aromatic nitrogens is 1. The summed E-state index contributed by atoms with van der Waals surface area (Å²) in [7, 11) is 4.08. The summed E-state index contributed by atoms with van der Waals surface area (Å²) in [4.78, 5) is 6.78. The highest BCUT2D eigenvalue weighted by Gasteiger charge is 2.08. The van der Waals surface area contributed by atoms with Gasteiger partial charge in [-0.05, 0) is 43.2 Å². The van der Waals surface area contributed by atoms with Crippen molar-refractivity contribution in [3.05, 3.63) is 59.7 Å². The predicted octanol–water partition coefficient (Wildman–Crippen LogP) is 3.42. The van der Waals surface area contributed by atoms with Gasteiger partial charge >= 0.3 is 0 Å². The van der Waals surface area contributed by atoms with Gasteiger partial charge in [-0.15, -0.1) is 24.0 Å². The van der Waals surface area contributed by atoms with E-state index in [0.29, 0.717) is 6.54 Å². The van der Waals surface area contributed by atoms with Crippen LogP contribution in [0, 0.1) is 5.82 Å². The van der Waals surface area contributed by atoms with E-state index in [-0.39, 0.29) is 29.8 Å². The SMILES string of the molecule is CCNC(=NCCc1ccc(F)cc1)N(C)Cc1cccn1C.I. The molecule has 2 aromatic rings. The highest BCUT2D eigenvalue weighted by Crippen LogP contribution is 2.05. The molecule has 6 heteroatoms. The van der Waals surface area contributed by atoms with E-state index in [4.69, 9.17) is 0 Å². The smallest absolute Gasteiger partial charge is 0.194 e. The van der Waals surface area contributed by atoms with E-state index in [9.17, 15) is 4.39 Å². The fraction of sp³-hybridized carbons (Fsp3) is 0.389. The molecular formula is C18H26FIN4. The molecule has 0 fully saturated rings. The third kappa shape index (κ3) is 6.14. The van der Waals surface area contributed by atoms with Crippen LogP contribution >= 0.6 is 24.0 Å². The van der Waals surface area contributed by atoms with E-state index >= 15 is 0 Å². The molecule has 1 N–H and O–H groups in total. The Bertz CT molecular complexity index is 637. The van der Waals surface area contributed by atoms with Crippen LogP contribution in [0.25, 0.3) is 0 Å². The van der Waals surface area contributed by atoms with E-state index in [1.807, 2.05) is 38.5 Å². The van der Waals surface area contributed by atoms with Crippen LogP contribution in [0.15, 0.2) is 47.6 Å². The largest absolute Gasteiger partial charge is 0.357 e. The van der Waals surface area contributed by atoms with Crippen LogP contribution in [-0.4, -0.2) is 35.6 Å². The number of hydrogen-bond acceptors (Lipinski definition) is 1. The maximum absolute atomic E-state index is 12.9. The second-order valence-electron chi connectivity index (χ2n) is 5.58. The molecule has 0 amide bonds. The molecule has 24 heavy (non-hydrogen) atoms. The summed E-state index contributed by atoms with van der Waals surface area (Å²) >= 11 is 0. The molecule has 0 aliphatic carbocycles. The number of aliphatic imine (C=N–C) groups is 1. The quantitative estimate of drug-likeness (QED) is 0.421.